The fourth-order valence-corrected chi connectivity index (χ4v) is 17.1. The number of amidine groups is 8. The van der Waals surface area contributed by atoms with Gasteiger partial charge >= 0.3 is 53.9 Å². The molecular formula is C76H157F5N24O19S8. The van der Waals surface area contributed by atoms with Gasteiger partial charge in [0.05, 0.1) is 115 Å². The maximum atomic E-state index is 12.8. The van der Waals surface area contributed by atoms with Crippen LogP contribution in [0.15, 0.2) is 39.9 Å². The molecule has 0 aliphatic carbocycles. The first kappa shape index (κ1) is 143. The lowest BCUT2D eigenvalue weighted by atomic mass is 9.90. The van der Waals surface area contributed by atoms with E-state index in [1.807, 2.05) is 41.5 Å². The van der Waals surface area contributed by atoms with Gasteiger partial charge in [-0.25, -0.2) is 12.8 Å². The normalized spacial score (nSPS) is 17.2. The molecular weight excluding hydrogens is 1900 g/mol. The molecule has 0 aliphatic rings. The third-order valence-corrected chi connectivity index (χ3v) is 28.7. The third kappa shape index (κ3) is 77.2. The summed E-state index contributed by atoms with van der Waals surface area (Å²) >= 11 is 8.02. The highest BCUT2D eigenvalue weighted by atomic mass is 32.2. The highest BCUT2D eigenvalue weighted by Gasteiger charge is 2.42. The predicted octanol–water partition coefficient (Wildman–Crippen LogP) is 1.77. The lowest BCUT2D eigenvalue weighted by Crippen LogP contribution is -2.55. The SMILES string of the molecule is CC(N)=NCC(CC(F)(F)F)SC[C@](C)(N)C(=O)O.CC(N)=NCCS(=O)(=O)C[C@](C)(N)C(=O)O.CC(N)=NCCS(=O)C[C@](C)(N)C(=O)O.CC(N)=NCCSCC(C)(N)C(=O)O.CC(N)=NCCSC[C@](C)(N)C(=O)O.CC(N)=NC[C@@H](C)SC[C@](N)(C(=O)O)C(C)C.CC(N)=NC[C@@H](CF)SC[C@](N)(C(=O)O)C(C)C.CCC(CN=C(C)N)SC[C@](N)(C(=O)O)C(C)C.F. The summed E-state index contributed by atoms with van der Waals surface area (Å²) in [6.45, 7) is 37.0. The Kier molecular flexibility index (Phi) is 77.4. The molecule has 0 bridgehead atoms. The van der Waals surface area contributed by atoms with E-state index in [4.69, 9.17) is 127 Å². The Bertz CT molecular complexity index is 3680. The van der Waals surface area contributed by atoms with E-state index in [2.05, 4.69) is 39.9 Å². The lowest BCUT2D eigenvalue weighted by molar-refractivity contribution is -0.144. The van der Waals surface area contributed by atoms with Crippen LogP contribution in [0.5, 0.6) is 0 Å². The van der Waals surface area contributed by atoms with E-state index >= 15 is 0 Å². The number of carboxylic acids is 8. The van der Waals surface area contributed by atoms with Gasteiger partial charge in [0.25, 0.3) is 0 Å². The van der Waals surface area contributed by atoms with Gasteiger partial charge in [-0.15, -0.1) is 0 Å². The average Bonchev–Trinajstić information content (AvgIpc) is 0.861. The third-order valence-electron chi connectivity index (χ3n) is 16.8. The van der Waals surface area contributed by atoms with Crippen LogP contribution in [0.3, 0.4) is 0 Å². The van der Waals surface area contributed by atoms with Crippen LogP contribution in [0.25, 0.3) is 0 Å². The largest absolute Gasteiger partial charge is 0.480 e. The number of thioether (sulfide) groups is 6. The topological polar surface area (TPSA) is 865 Å². The second kappa shape index (κ2) is 71.5. The van der Waals surface area contributed by atoms with E-state index in [9.17, 15) is 73.7 Å². The van der Waals surface area contributed by atoms with Crippen LogP contribution in [-0.4, -0.2) is 347 Å². The van der Waals surface area contributed by atoms with E-state index in [-0.39, 0.29) is 93.0 Å². The Morgan fingerprint density at radius 2 is 0.652 bits per heavy atom. The van der Waals surface area contributed by atoms with Crippen LogP contribution < -0.4 is 91.7 Å². The van der Waals surface area contributed by atoms with Gasteiger partial charge in [0.1, 0.15) is 51.0 Å². The fourth-order valence-electron chi connectivity index (χ4n) is 7.52. The fraction of sp³-hybridized carbons (Fsp3) is 0.789. The summed E-state index contributed by atoms with van der Waals surface area (Å²) in [5.41, 5.74) is 76.9. The van der Waals surface area contributed by atoms with Crippen molar-refractivity contribution in [2.45, 2.75) is 230 Å². The summed E-state index contributed by atoms with van der Waals surface area (Å²) in [4.78, 5) is 118. The molecule has 4 unspecified atom stereocenters. The minimum absolute atomic E-state index is 0. The molecule has 13 atom stereocenters. The molecule has 0 aromatic carbocycles. The average molecular weight is 2060 g/mol. The van der Waals surface area contributed by atoms with Crippen LogP contribution in [0.1, 0.15) is 158 Å². The van der Waals surface area contributed by atoms with Crippen molar-refractivity contribution in [1.29, 1.82) is 0 Å². The van der Waals surface area contributed by atoms with Crippen LogP contribution in [0.4, 0.5) is 22.3 Å². The molecule has 0 aromatic heterocycles. The molecule has 0 spiro atoms. The van der Waals surface area contributed by atoms with Gasteiger partial charge in [-0.3, -0.25) is 87.2 Å². The predicted molar refractivity (Wildman–Crippen MR) is 538 cm³/mol. The maximum Gasteiger partial charge on any atom is 0.390 e. The highest BCUT2D eigenvalue weighted by Crippen LogP contribution is 2.31. The number of halogens is 5. The Balaban J connectivity index is -0.000000187. The Hall–Kier alpha value is -6.95. The lowest BCUT2D eigenvalue weighted by Gasteiger charge is -2.29. The van der Waals surface area contributed by atoms with Crippen molar-refractivity contribution in [3.8, 4) is 0 Å². The number of sulfone groups is 1. The maximum absolute atomic E-state index is 12.8. The quantitative estimate of drug-likeness (QED) is 0.0179. The molecule has 0 aliphatic heterocycles. The molecule has 0 saturated carbocycles. The zero-order valence-corrected chi connectivity index (χ0v) is 86.4. The Labute approximate surface area is 802 Å². The minimum Gasteiger partial charge on any atom is -0.480 e. The van der Waals surface area contributed by atoms with Crippen molar-refractivity contribution in [2.24, 2.45) is 149 Å². The summed E-state index contributed by atoms with van der Waals surface area (Å²) in [5, 5.41) is 70.2. The van der Waals surface area contributed by atoms with Gasteiger partial charge in [-0.05, 0) is 114 Å². The molecule has 778 valence electrons. The number of hydrogen-bond acceptors (Lipinski definition) is 33. The van der Waals surface area contributed by atoms with Crippen LogP contribution >= 0.6 is 70.6 Å². The van der Waals surface area contributed by atoms with E-state index in [1.165, 1.54) is 88.6 Å². The van der Waals surface area contributed by atoms with E-state index in [1.54, 1.807) is 67.2 Å². The second-order valence-corrected chi connectivity index (χ2v) is 43.7. The number of alkyl halides is 4. The van der Waals surface area contributed by atoms with E-state index in [0.29, 0.717) is 90.7 Å². The molecule has 0 saturated heterocycles. The molecule has 0 aromatic rings. The second-order valence-electron chi connectivity index (χ2n) is 32.4. The first-order valence-electron chi connectivity index (χ1n) is 40.3. The molecule has 0 rings (SSSR count). The summed E-state index contributed by atoms with van der Waals surface area (Å²) in [6.07, 6.45) is -4.50. The number of rotatable bonds is 54. The number of nitrogens with zero attached hydrogens (tertiary/aromatic N) is 8. The molecule has 40 N–H and O–H groups in total. The zero-order chi connectivity index (χ0) is 105. The molecule has 0 fully saturated rings. The van der Waals surface area contributed by atoms with Gasteiger partial charge < -0.3 is 133 Å². The summed E-state index contributed by atoms with van der Waals surface area (Å²) in [7, 11) is -4.84. The van der Waals surface area contributed by atoms with Crippen LogP contribution in [0.2, 0.25) is 0 Å². The molecule has 0 amide bonds. The summed E-state index contributed by atoms with van der Waals surface area (Å²) in [5.74, 6) is -3.42. The van der Waals surface area contributed by atoms with Crippen molar-refractivity contribution in [3.05, 3.63) is 0 Å². The minimum atomic E-state index is -4.34. The van der Waals surface area contributed by atoms with Crippen LogP contribution in [0, 0.1) is 17.8 Å². The van der Waals surface area contributed by atoms with E-state index < -0.39 is 148 Å². The Morgan fingerprint density at radius 1 is 0.379 bits per heavy atom. The van der Waals surface area contributed by atoms with Crippen molar-refractivity contribution in [3.63, 3.8) is 0 Å². The number of aliphatic carboxylic acids is 8. The van der Waals surface area contributed by atoms with Gasteiger partial charge in [0.2, 0.25) is 0 Å². The summed E-state index contributed by atoms with van der Waals surface area (Å²) in [6, 6.07) is 0. The monoisotopic (exact) mass is 2060 g/mol. The standard InChI is InChI=1S/C12H25N3O2S.C11H22FN3O2S.C11H23N3O2S.C10H18F3N3O2S.C8H17N3O4S.C8H17N3O3S.2C8H17N3O2S.FH/c1-5-10(6-15-9(4)13)18-7-12(14,8(2)3)11(16)17;1-7(2)11(14,10(16)17)6-18-9(4-12)5-15-8(3)13;1-7(2)11(13,10(15)16)6-17-8(3)5-14-9(4)12;1-6(14)16-4-7(3-10(11,12)13)19-5-9(2,15)8(17)18;1-6(9)11-3-4-16(14,15)5-8(2,10)7(12)13;1-6(9)11-3-4-15(14)5-8(2,10)7(12)13;2*1-6(9)11-3-4-14-5-8(2,10)7(12)13;/h8,10H,5-7,14H2,1-4H3,(H2,13,15)(H,16,17);7,9H,4-6,14H2,1-3H3,(H2,13,15)(H,16,17);7-8H,5-6,13H2,1-4H3,(H2,12,14)(H,15,16);7H,3-5,15H2,1-2H3,(H2,14,16)(H,17,18);3-5,10H2,1-2H3,(H2,9,11)(H,12,13);3-5,10H2,1-2H3,(H2,9,11)(H,12,13);2*3-5,10H2,1-2H3,(H2,9,11)(H,12,13);1H/t10?,12-;9-,11-;8-,11-;7?,9-;8-;8-,15?;8-;;/m1110000../s1. The number of hydrogen-bond donors (Lipinski definition) is 24. The van der Waals surface area contributed by atoms with E-state index in [0.717, 1.165) is 36.6 Å². The van der Waals surface area contributed by atoms with Crippen molar-refractivity contribution in [1.82, 2.24) is 0 Å². The van der Waals surface area contributed by atoms with Crippen molar-refractivity contribution >= 4 is 186 Å². The first-order valence-corrected chi connectivity index (χ1v) is 50.1. The zero-order valence-electron chi connectivity index (χ0n) is 79.9. The molecule has 56 heteroatoms. The van der Waals surface area contributed by atoms with Gasteiger partial charge in [0.15, 0.2) is 9.84 Å². The molecule has 43 nitrogen and oxygen atoms in total. The highest BCUT2D eigenvalue weighted by molar-refractivity contribution is 8.01. The van der Waals surface area contributed by atoms with Gasteiger partial charge in [-0.1, -0.05) is 55.4 Å². The number of carbonyl (C=O) groups is 8. The van der Waals surface area contributed by atoms with Gasteiger partial charge in [0, 0.05) is 91.4 Å². The van der Waals surface area contributed by atoms with Crippen molar-refractivity contribution in [2.75, 3.05) is 128 Å². The van der Waals surface area contributed by atoms with Crippen LogP contribution in [-0.2, 0) is 59.0 Å². The Morgan fingerprint density at radius 3 is 0.939 bits per heavy atom. The smallest absolute Gasteiger partial charge is 0.390 e. The van der Waals surface area contributed by atoms with Gasteiger partial charge in [-0.2, -0.15) is 83.7 Å². The number of aliphatic imine (C=N–C) groups is 8. The molecule has 0 heterocycles. The summed E-state index contributed by atoms with van der Waals surface area (Å²) < 4.78 is 84.2. The number of carboxylic acid groups (broad SMARTS) is 8. The first-order chi connectivity index (χ1) is 59.1. The molecule has 132 heavy (non-hydrogen) atoms. The van der Waals surface area contributed by atoms with Crippen molar-refractivity contribution < 1.29 is 114 Å². The number of nitrogens with two attached hydrogens (primary N) is 16. The molecule has 0 radical (unpaired) electrons.